The highest BCUT2D eigenvalue weighted by atomic mass is 79.9. The number of halogens is 1. The molecule has 2 N–H and O–H groups in total. The van der Waals surface area contributed by atoms with Gasteiger partial charge in [-0.05, 0) is 41.4 Å². The van der Waals surface area contributed by atoms with E-state index < -0.39 is 0 Å². The van der Waals surface area contributed by atoms with Crippen molar-refractivity contribution >= 4 is 33.5 Å². The monoisotopic (exact) mass is 287 g/mol. The average molecular weight is 288 g/mol. The molecule has 1 aromatic heterocycles. The Balaban J connectivity index is 2.27. The molecule has 0 aromatic carbocycles. The van der Waals surface area contributed by atoms with Gasteiger partial charge in [0.1, 0.15) is 11.6 Å². The molecule has 1 aromatic rings. The first-order valence-corrected chi connectivity index (χ1v) is 6.94. The second kappa shape index (κ2) is 4.70. The number of hydrogen-bond acceptors (Lipinski definition) is 4. The Morgan fingerprint density at radius 1 is 1.40 bits per heavy atom. The van der Waals surface area contributed by atoms with Crippen LogP contribution in [-0.2, 0) is 0 Å². The highest BCUT2D eigenvalue weighted by Gasteiger charge is 2.20. The molecule has 5 heteroatoms. The zero-order valence-corrected chi connectivity index (χ0v) is 11.1. The van der Waals surface area contributed by atoms with Crippen LogP contribution in [0.5, 0.6) is 0 Å². The molecule has 2 heterocycles. The standard InChI is InChI=1S/C10H14BrN3S/c1-6-8(11)9(12)14-10(13-6)7-4-2-3-5-15-7/h7H,2-5H2,1H3,(H2,12,13,14). The maximum absolute atomic E-state index is 5.82. The molecule has 0 aliphatic carbocycles. The number of aromatic nitrogens is 2. The number of nitrogen functional groups attached to an aromatic ring is 1. The van der Waals surface area contributed by atoms with Crippen molar-refractivity contribution in [2.75, 3.05) is 11.5 Å². The fourth-order valence-electron chi connectivity index (χ4n) is 1.69. The van der Waals surface area contributed by atoms with E-state index in [9.17, 15) is 0 Å². The zero-order chi connectivity index (χ0) is 10.8. The predicted molar refractivity (Wildman–Crippen MR) is 67.9 cm³/mol. The van der Waals surface area contributed by atoms with E-state index in [4.69, 9.17) is 5.73 Å². The van der Waals surface area contributed by atoms with Crippen molar-refractivity contribution in [2.24, 2.45) is 0 Å². The molecule has 0 spiro atoms. The van der Waals surface area contributed by atoms with Gasteiger partial charge in [0.15, 0.2) is 0 Å². The van der Waals surface area contributed by atoms with Crippen LogP contribution in [-0.4, -0.2) is 15.7 Å². The second-order valence-corrected chi connectivity index (χ2v) is 5.83. The largest absolute Gasteiger partial charge is 0.383 e. The van der Waals surface area contributed by atoms with Crippen LogP contribution in [0.4, 0.5) is 5.82 Å². The summed E-state index contributed by atoms with van der Waals surface area (Å²) in [7, 11) is 0. The first kappa shape index (κ1) is 11.2. The molecule has 1 aliphatic heterocycles. The molecule has 82 valence electrons. The minimum Gasteiger partial charge on any atom is -0.383 e. The van der Waals surface area contributed by atoms with E-state index in [0.717, 1.165) is 16.0 Å². The minimum absolute atomic E-state index is 0.438. The van der Waals surface area contributed by atoms with Crippen LogP contribution in [0.15, 0.2) is 4.47 Å². The number of thioether (sulfide) groups is 1. The molecular weight excluding hydrogens is 274 g/mol. The summed E-state index contributed by atoms with van der Waals surface area (Å²) >= 11 is 5.32. The molecule has 3 nitrogen and oxygen atoms in total. The van der Waals surface area contributed by atoms with Gasteiger partial charge in [0.2, 0.25) is 0 Å². The first-order valence-electron chi connectivity index (χ1n) is 5.09. The van der Waals surface area contributed by atoms with Crippen molar-refractivity contribution in [1.82, 2.24) is 9.97 Å². The lowest BCUT2D eigenvalue weighted by molar-refractivity contribution is 0.660. The first-order chi connectivity index (χ1) is 7.18. The fraction of sp³-hybridized carbons (Fsp3) is 0.600. The van der Waals surface area contributed by atoms with Gasteiger partial charge in [-0.25, -0.2) is 9.97 Å². The van der Waals surface area contributed by atoms with Gasteiger partial charge < -0.3 is 5.73 Å². The average Bonchev–Trinajstić information content (AvgIpc) is 2.26. The summed E-state index contributed by atoms with van der Waals surface area (Å²) in [6, 6.07) is 0. The van der Waals surface area contributed by atoms with E-state index in [1.807, 2.05) is 18.7 Å². The van der Waals surface area contributed by atoms with Crippen molar-refractivity contribution < 1.29 is 0 Å². The summed E-state index contributed by atoms with van der Waals surface area (Å²) in [5.74, 6) is 2.67. The number of rotatable bonds is 1. The Bertz CT molecular complexity index is 341. The van der Waals surface area contributed by atoms with Crippen LogP contribution in [0, 0.1) is 6.92 Å². The third-order valence-corrected chi connectivity index (χ3v) is 4.88. The Morgan fingerprint density at radius 2 is 2.20 bits per heavy atom. The fourth-order valence-corrected chi connectivity index (χ4v) is 3.11. The Kier molecular flexibility index (Phi) is 3.51. The van der Waals surface area contributed by atoms with Crippen molar-refractivity contribution in [1.29, 1.82) is 0 Å². The van der Waals surface area contributed by atoms with Crippen molar-refractivity contribution in [3.05, 3.63) is 16.0 Å². The van der Waals surface area contributed by atoms with E-state index in [2.05, 4.69) is 25.9 Å². The maximum atomic E-state index is 5.82. The molecule has 2 rings (SSSR count). The van der Waals surface area contributed by atoms with Crippen LogP contribution in [0.2, 0.25) is 0 Å². The molecule has 0 amide bonds. The lowest BCUT2D eigenvalue weighted by Gasteiger charge is -2.20. The van der Waals surface area contributed by atoms with Crippen LogP contribution in [0.1, 0.15) is 36.0 Å². The number of nitrogens with two attached hydrogens (primary N) is 1. The molecule has 1 saturated heterocycles. The molecule has 0 radical (unpaired) electrons. The summed E-state index contributed by atoms with van der Waals surface area (Å²) in [5, 5.41) is 0.438. The SMILES string of the molecule is Cc1nc(C2CCCCS2)nc(N)c1Br. The van der Waals surface area contributed by atoms with Gasteiger partial charge in [-0.15, -0.1) is 0 Å². The lowest BCUT2D eigenvalue weighted by Crippen LogP contribution is -2.09. The number of aryl methyl sites for hydroxylation is 1. The van der Waals surface area contributed by atoms with Gasteiger partial charge in [-0.2, -0.15) is 11.8 Å². The molecular formula is C10H14BrN3S. The normalized spacial score (nSPS) is 21.6. The lowest BCUT2D eigenvalue weighted by atomic mass is 10.2. The van der Waals surface area contributed by atoms with Gasteiger partial charge in [0.25, 0.3) is 0 Å². The quantitative estimate of drug-likeness (QED) is 0.862. The Morgan fingerprint density at radius 3 is 2.80 bits per heavy atom. The predicted octanol–water partition coefficient (Wildman–Crippen LogP) is 3.09. The summed E-state index contributed by atoms with van der Waals surface area (Å²) in [4.78, 5) is 8.85. The smallest absolute Gasteiger partial charge is 0.144 e. The summed E-state index contributed by atoms with van der Waals surface area (Å²) in [5.41, 5.74) is 6.75. The molecule has 0 bridgehead atoms. The van der Waals surface area contributed by atoms with E-state index in [1.54, 1.807) is 0 Å². The van der Waals surface area contributed by atoms with Crippen LogP contribution >= 0.6 is 27.7 Å². The molecule has 1 atom stereocenters. The van der Waals surface area contributed by atoms with Gasteiger partial charge in [-0.3, -0.25) is 0 Å². The summed E-state index contributed by atoms with van der Waals surface area (Å²) in [6.07, 6.45) is 3.76. The maximum Gasteiger partial charge on any atom is 0.144 e. The minimum atomic E-state index is 0.438. The van der Waals surface area contributed by atoms with Crippen LogP contribution in [0.3, 0.4) is 0 Å². The number of nitrogens with zero attached hydrogens (tertiary/aromatic N) is 2. The van der Waals surface area contributed by atoms with E-state index in [1.165, 1.54) is 25.0 Å². The number of hydrogen-bond donors (Lipinski definition) is 1. The molecule has 15 heavy (non-hydrogen) atoms. The van der Waals surface area contributed by atoms with Crippen molar-refractivity contribution in [3.8, 4) is 0 Å². The van der Waals surface area contributed by atoms with Gasteiger partial charge in [0, 0.05) is 0 Å². The third-order valence-electron chi connectivity index (χ3n) is 2.53. The topological polar surface area (TPSA) is 51.8 Å². The van der Waals surface area contributed by atoms with Crippen molar-refractivity contribution in [2.45, 2.75) is 31.4 Å². The van der Waals surface area contributed by atoms with Crippen molar-refractivity contribution in [3.63, 3.8) is 0 Å². The molecule has 1 fully saturated rings. The van der Waals surface area contributed by atoms with E-state index >= 15 is 0 Å². The van der Waals surface area contributed by atoms with E-state index in [-0.39, 0.29) is 0 Å². The van der Waals surface area contributed by atoms with Gasteiger partial charge in [-0.1, -0.05) is 6.42 Å². The third kappa shape index (κ3) is 2.45. The molecule has 1 aliphatic rings. The van der Waals surface area contributed by atoms with Crippen LogP contribution in [0.25, 0.3) is 0 Å². The van der Waals surface area contributed by atoms with E-state index in [0.29, 0.717) is 11.1 Å². The highest BCUT2D eigenvalue weighted by Crippen LogP contribution is 2.37. The Labute approximate surface area is 102 Å². The summed E-state index contributed by atoms with van der Waals surface area (Å²) < 4.78 is 0.826. The van der Waals surface area contributed by atoms with Crippen LogP contribution < -0.4 is 5.73 Å². The van der Waals surface area contributed by atoms with Gasteiger partial charge >= 0.3 is 0 Å². The summed E-state index contributed by atoms with van der Waals surface area (Å²) in [6.45, 7) is 1.96. The van der Waals surface area contributed by atoms with Gasteiger partial charge in [0.05, 0.1) is 15.4 Å². The Hall–Kier alpha value is -0.290. The highest BCUT2D eigenvalue weighted by molar-refractivity contribution is 9.10. The molecule has 0 saturated carbocycles. The second-order valence-electron chi connectivity index (χ2n) is 3.72. The zero-order valence-electron chi connectivity index (χ0n) is 8.66. The number of anilines is 1. The molecule has 1 unspecified atom stereocenters.